The molecule has 0 aliphatic carbocycles. The molecule has 0 radical (unpaired) electrons. The number of nitrogens with zero attached hydrogens (tertiary/aromatic N) is 4. The van der Waals surface area contributed by atoms with Gasteiger partial charge in [-0.3, -0.25) is 0 Å². The van der Waals surface area contributed by atoms with E-state index in [2.05, 4.69) is 65.1 Å². The summed E-state index contributed by atoms with van der Waals surface area (Å²) in [5.41, 5.74) is 5.19. The number of oxazole rings is 1. The number of halogens is 1. The van der Waals surface area contributed by atoms with E-state index in [1.165, 1.54) is 11.1 Å². The number of benzene rings is 2. The molecule has 142 valence electrons. The summed E-state index contributed by atoms with van der Waals surface area (Å²) in [6.45, 7) is 6.19. The molecule has 28 heavy (non-hydrogen) atoms. The quantitative estimate of drug-likeness (QED) is 0.416. The summed E-state index contributed by atoms with van der Waals surface area (Å²) in [4.78, 5) is 9.36. The van der Waals surface area contributed by atoms with Gasteiger partial charge in [-0.25, -0.2) is 14.6 Å². The number of rotatable bonds is 5. The van der Waals surface area contributed by atoms with Crippen molar-refractivity contribution in [1.29, 1.82) is 0 Å². The molecule has 2 heterocycles. The minimum Gasteiger partial charge on any atom is -0.448 e. The highest BCUT2D eigenvalue weighted by Crippen LogP contribution is 2.24. The summed E-state index contributed by atoms with van der Waals surface area (Å²) in [6, 6.07) is 14.6. The molecule has 0 atom stereocenters. The summed E-state index contributed by atoms with van der Waals surface area (Å²) in [5.74, 6) is 2.14. The zero-order valence-corrected chi connectivity index (χ0v) is 17.7. The van der Waals surface area contributed by atoms with Gasteiger partial charge in [0, 0.05) is 17.3 Å². The van der Waals surface area contributed by atoms with Gasteiger partial charge in [0.15, 0.2) is 17.5 Å². The van der Waals surface area contributed by atoms with E-state index in [0.29, 0.717) is 23.8 Å². The van der Waals surface area contributed by atoms with Crippen molar-refractivity contribution >= 4 is 15.9 Å². The monoisotopic (exact) mass is 436 g/mol. The molecule has 0 N–H and O–H groups in total. The molecule has 0 unspecified atom stereocenters. The van der Waals surface area contributed by atoms with E-state index < -0.39 is 0 Å². The number of hydrogen-bond donors (Lipinski definition) is 0. The number of aromatic nitrogens is 4. The van der Waals surface area contributed by atoms with Crippen molar-refractivity contribution in [3.63, 3.8) is 0 Å². The smallest absolute Gasteiger partial charge is 0.194 e. The topological polar surface area (TPSA) is 56.7 Å². The van der Waals surface area contributed by atoms with Crippen molar-refractivity contribution in [2.24, 2.45) is 0 Å². The van der Waals surface area contributed by atoms with Crippen LogP contribution in [0.1, 0.15) is 35.3 Å². The fourth-order valence-corrected chi connectivity index (χ4v) is 3.47. The zero-order valence-electron chi connectivity index (χ0n) is 16.1. The summed E-state index contributed by atoms with van der Waals surface area (Å²) >= 11 is 3.48. The summed E-state index contributed by atoms with van der Waals surface area (Å²) in [7, 11) is 0. The first kappa shape index (κ1) is 18.6. The molecule has 4 rings (SSSR count). The molecule has 5 nitrogen and oxygen atoms in total. The molecule has 0 amide bonds. The molecule has 2 aromatic heterocycles. The van der Waals surface area contributed by atoms with Gasteiger partial charge in [-0.2, -0.15) is 5.10 Å². The van der Waals surface area contributed by atoms with Crippen molar-refractivity contribution in [3.8, 4) is 17.2 Å². The molecule has 0 saturated carbocycles. The van der Waals surface area contributed by atoms with Crippen LogP contribution in [0.3, 0.4) is 0 Å². The van der Waals surface area contributed by atoms with Crippen molar-refractivity contribution in [1.82, 2.24) is 19.7 Å². The van der Waals surface area contributed by atoms with Crippen molar-refractivity contribution < 1.29 is 4.42 Å². The van der Waals surface area contributed by atoms with Gasteiger partial charge in [0.2, 0.25) is 0 Å². The van der Waals surface area contributed by atoms with E-state index in [4.69, 9.17) is 14.5 Å². The Kier molecular flexibility index (Phi) is 5.13. The minimum atomic E-state index is 0.649. The lowest BCUT2D eigenvalue weighted by molar-refractivity contribution is 0.502. The molecule has 0 saturated heterocycles. The van der Waals surface area contributed by atoms with Crippen LogP contribution in [0.4, 0.5) is 0 Å². The third-order valence-electron chi connectivity index (χ3n) is 4.46. The third kappa shape index (κ3) is 3.92. The third-order valence-corrected chi connectivity index (χ3v) is 4.99. The van der Waals surface area contributed by atoms with Gasteiger partial charge in [0.05, 0.1) is 5.69 Å². The second-order valence-electron chi connectivity index (χ2n) is 6.89. The lowest BCUT2D eigenvalue weighted by Gasteiger charge is -2.06. The van der Waals surface area contributed by atoms with Crippen LogP contribution >= 0.6 is 15.9 Å². The van der Waals surface area contributed by atoms with Crippen LogP contribution in [0.5, 0.6) is 0 Å². The SMILES string of the molecule is CCc1nc(-c2nc(Cc3ccc(Br)cc3)nn2-c2cc(C)cc(C)c2)co1. The maximum atomic E-state index is 5.55. The highest BCUT2D eigenvalue weighted by Gasteiger charge is 2.18. The molecule has 0 spiro atoms. The van der Waals surface area contributed by atoms with E-state index >= 15 is 0 Å². The fraction of sp³-hybridized carbons (Fsp3) is 0.227. The Hall–Kier alpha value is -2.73. The van der Waals surface area contributed by atoms with Crippen molar-refractivity contribution in [3.05, 3.63) is 81.6 Å². The van der Waals surface area contributed by atoms with Gasteiger partial charge in [-0.05, 0) is 54.8 Å². The molecule has 4 aromatic rings. The maximum absolute atomic E-state index is 5.55. The molecule has 0 bridgehead atoms. The predicted molar refractivity (Wildman–Crippen MR) is 113 cm³/mol. The van der Waals surface area contributed by atoms with Gasteiger partial charge >= 0.3 is 0 Å². The van der Waals surface area contributed by atoms with E-state index in [0.717, 1.165) is 28.0 Å². The van der Waals surface area contributed by atoms with Gasteiger partial charge in [-0.15, -0.1) is 0 Å². The van der Waals surface area contributed by atoms with Crippen LogP contribution in [-0.4, -0.2) is 19.7 Å². The number of hydrogen-bond acceptors (Lipinski definition) is 4. The van der Waals surface area contributed by atoms with Gasteiger partial charge in [0.25, 0.3) is 0 Å². The Morgan fingerprint density at radius 1 is 1.00 bits per heavy atom. The average Bonchev–Trinajstić information content (AvgIpc) is 3.29. The highest BCUT2D eigenvalue weighted by atomic mass is 79.9. The van der Waals surface area contributed by atoms with Crippen LogP contribution in [-0.2, 0) is 12.8 Å². The molecule has 0 aliphatic heterocycles. The predicted octanol–water partition coefficient (Wildman–Crippen LogP) is 5.45. The fourth-order valence-electron chi connectivity index (χ4n) is 3.21. The lowest BCUT2D eigenvalue weighted by Crippen LogP contribution is -2.01. The van der Waals surface area contributed by atoms with Crippen molar-refractivity contribution in [2.75, 3.05) is 0 Å². The molecule has 2 aromatic carbocycles. The number of aryl methyl sites for hydroxylation is 3. The van der Waals surface area contributed by atoms with Crippen LogP contribution in [0.15, 0.2) is 57.6 Å². The van der Waals surface area contributed by atoms with E-state index in [1.807, 2.05) is 23.7 Å². The van der Waals surface area contributed by atoms with Crippen molar-refractivity contribution in [2.45, 2.75) is 33.6 Å². The normalized spacial score (nSPS) is 11.1. The Labute approximate surface area is 172 Å². The standard InChI is InChI=1S/C22H21BrN4O/c1-4-21-24-19(13-28-21)22-25-20(12-16-5-7-17(23)8-6-16)26-27(22)18-10-14(2)9-15(3)11-18/h5-11,13H,4,12H2,1-3H3. The van der Waals surface area contributed by atoms with Gasteiger partial charge in [0.1, 0.15) is 12.0 Å². The first-order valence-electron chi connectivity index (χ1n) is 9.25. The Balaban J connectivity index is 1.80. The minimum absolute atomic E-state index is 0.649. The largest absolute Gasteiger partial charge is 0.448 e. The molecule has 6 heteroatoms. The van der Waals surface area contributed by atoms with Gasteiger partial charge < -0.3 is 4.42 Å². The first-order chi connectivity index (χ1) is 13.5. The molecule has 0 fully saturated rings. The second kappa shape index (κ2) is 7.72. The highest BCUT2D eigenvalue weighted by molar-refractivity contribution is 9.10. The summed E-state index contributed by atoms with van der Waals surface area (Å²) in [6.07, 6.45) is 3.05. The van der Waals surface area contributed by atoms with E-state index in [9.17, 15) is 0 Å². The summed E-state index contributed by atoms with van der Waals surface area (Å²) in [5, 5.41) is 4.80. The Morgan fingerprint density at radius 3 is 2.36 bits per heavy atom. The van der Waals surface area contributed by atoms with E-state index in [1.54, 1.807) is 6.26 Å². The summed E-state index contributed by atoms with van der Waals surface area (Å²) < 4.78 is 8.47. The van der Waals surface area contributed by atoms with Crippen LogP contribution < -0.4 is 0 Å². The molecular formula is C22H21BrN4O. The lowest BCUT2D eigenvalue weighted by atomic mass is 10.1. The molecular weight excluding hydrogens is 416 g/mol. The van der Waals surface area contributed by atoms with Gasteiger partial charge in [-0.1, -0.05) is 41.1 Å². The Morgan fingerprint density at radius 2 is 1.71 bits per heavy atom. The second-order valence-corrected chi connectivity index (χ2v) is 7.81. The van der Waals surface area contributed by atoms with Crippen LogP contribution in [0.2, 0.25) is 0 Å². The maximum Gasteiger partial charge on any atom is 0.194 e. The van der Waals surface area contributed by atoms with Crippen LogP contribution in [0.25, 0.3) is 17.2 Å². The first-order valence-corrected chi connectivity index (χ1v) is 10.0. The average molecular weight is 437 g/mol. The van der Waals surface area contributed by atoms with E-state index in [-0.39, 0.29) is 0 Å². The van der Waals surface area contributed by atoms with Crippen LogP contribution in [0, 0.1) is 13.8 Å². The molecule has 0 aliphatic rings. The Bertz CT molecular complexity index is 1090. The zero-order chi connectivity index (χ0) is 19.7.